The van der Waals surface area contributed by atoms with Gasteiger partial charge >= 0.3 is 16.4 Å². The number of hydrogen-bond donors (Lipinski definition) is 2. The zero-order chi connectivity index (χ0) is 14.3. The third-order valence-electron chi connectivity index (χ3n) is 2.26. The molecule has 1 saturated heterocycles. The highest BCUT2D eigenvalue weighted by molar-refractivity contribution is 7.84. The third-order valence-corrected chi connectivity index (χ3v) is 3.27. The van der Waals surface area contributed by atoms with Crippen molar-refractivity contribution in [2.45, 2.75) is 45.4 Å². The van der Waals surface area contributed by atoms with Gasteiger partial charge < -0.3 is 10.1 Å². The van der Waals surface area contributed by atoms with Crippen LogP contribution >= 0.6 is 0 Å². The molecular weight excluding hydrogens is 264 g/mol. The van der Waals surface area contributed by atoms with Crippen LogP contribution in [0.5, 0.6) is 0 Å². The molecule has 18 heavy (non-hydrogen) atoms. The zero-order valence-corrected chi connectivity index (χ0v) is 11.3. The number of ether oxygens (including phenoxy) is 1. The van der Waals surface area contributed by atoms with Crippen molar-refractivity contribution >= 4 is 22.3 Å². The molecule has 0 aromatic rings. The predicted octanol–water partition coefficient (Wildman–Crippen LogP) is -0.0868. The molecule has 1 rings (SSSR count). The van der Waals surface area contributed by atoms with Crippen LogP contribution in [0.2, 0.25) is 0 Å². The number of β-lactam (4-membered cyclic amide) rings is 1. The van der Waals surface area contributed by atoms with Crippen molar-refractivity contribution in [3.8, 4) is 0 Å². The van der Waals surface area contributed by atoms with Crippen LogP contribution in [0.1, 0.15) is 27.7 Å². The second-order valence-electron chi connectivity index (χ2n) is 4.98. The minimum atomic E-state index is -4.58. The summed E-state index contributed by atoms with van der Waals surface area (Å²) >= 11 is 0. The van der Waals surface area contributed by atoms with Gasteiger partial charge in [0.1, 0.15) is 11.6 Å². The lowest BCUT2D eigenvalue weighted by molar-refractivity contribution is -0.141. The van der Waals surface area contributed by atoms with E-state index in [2.05, 4.69) is 5.32 Å². The summed E-state index contributed by atoms with van der Waals surface area (Å²) in [6, 6.07) is -1.86. The molecule has 8 nitrogen and oxygen atoms in total. The van der Waals surface area contributed by atoms with Gasteiger partial charge in [0.05, 0.1) is 6.04 Å². The van der Waals surface area contributed by atoms with E-state index < -0.39 is 40.0 Å². The van der Waals surface area contributed by atoms with Gasteiger partial charge in [0, 0.05) is 0 Å². The third kappa shape index (κ3) is 3.10. The fourth-order valence-electron chi connectivity index (χ4n) is 1.54. The quantitative estimate of drug-likeness (QED) is 0.540. The van der Waals surface area contributed by atoms with E-state index in [9.17, 15) is 18.0 Å². The molecule has 0 unspecified atom stereocenters. The van der Waals surface area contributed by atoms with Gasteiger partial charge in [-0.1, -0.05) is 0 Å². The highest BCUT2D eigenvalue weighted by Gasteiger charge is 2.51. The lowest BCUT2D eigenvalue weighted by atomic mass is 10.0. The predicted molar refractivity (Wildman–Crippen MR) is 61.0 cm³/mol. The number of carbonyl (C=O) groups excluding carboxylic acids is 2. The van der Waals surface area contributed by atoms with Crippen LogP contribution in [-0.2, 0) is 19.8 Å². The van der Waals surface area contributed by atoms with Gasteiger partial charge in [-0.3, -0.25) is 9.35 Å². The van der Waals surface area contributed by atoms with Gasteiger partial charge in [-0.15, -0.1) is 0 Å². The maximum atomic E-state index is 11.4. The normalized spacial score (nSPS) is 24.5. The molecule has 2 atom stereocenters. The van der Waals surface area contributed by atoms with Gasteiger partial charge in [0.2, 0.25) is 0 Å². The molecule has 1 aliphatic rings. The van der Waals surface area contributed by atoms with E-state index in [4.69, 9.17) is 9.29 Å². The minimum absolute atomic E-state index is 0.301. The smallest absolute Gasteiger partial charge is 0.408 e. The summed E-state index contributed by atoms with van der Waals surface area (Å²) in [5.41, 5.74) is -0.719. The van der Waals surface area contributed by atoms with Crippen LogP contribution < -0.4 is 5.32 Å². The lowest BCUT2D eigenvalue weighted by Crippen LogP contribution is -2.70. The summed E-state index contributed by atoms with van der Waals surface area (Å²) in [7, 11) is -4.58. The van der Waals surface area contributed by atoms with Crippen molar-refractivity contribution in [2.24, 2.45) is 0 Å². The summed E-state index contributed by atoms with van der Waals surface area (Å²) in [6.07, 6.45) is -0.817. The minimum Gasteiger partial charge on any atom is -0.444 e. The molecule has 2 amide bonds. The molecule has 0 radical (unpaired) electrons. The molecule has 0 aliphatic carbocycles. The van der Waals surface area contributed by atoms with Crippen LogP contribution in [0.15, 0.2) is 0 Å². The number of rotatable bonds is 2. The fraction of sp³-hybridized carbons (Fsp3) is 0.778. The second-order valence-corrected chi connectivity index (χ2v) is 6.27. The van der Waals surface area contributed by atoms with E-state index in [-0.39, 0.29) is 0 Å². The van der Waals surface area contributed by atoms with E-state index in [1.54, 1.807) is 20.8 Å². The van der Waals surface area contributed by atoms with Gasteiger partial charge in [-0.05, 0) is 27.7 Å². The Labute approximate surface area is 105 Å². The Morgan fingerprint density at radius 3 is 2.28 bits per heavy atom. The Kier molecular flexibility index (Phi) is 3.59. The molecule has 0 aromatic carbocycles. The van der Waals surface area contributed by atoms with Crippen molar-refractivity contribution in [2.75, 3.05) is 0 Å². The molecule has 0 spiro atoms. The molecule has 0 aromatic heterocycles. The summed E-state index contributed by atoms with van der Waals surface area (Å²) in [6.45, 7) is 6.35. The van der Waals surface area contributed by atoms with Gasteiger partial charge in [0.15, 0.2) is 0 Å². The number of amides is 2. The topological polar surface area (TPSA) is 113 Å². The average molecular weight is 280 g/mol. The van der Waals surface area contributed by atoms with Crippen molar-refractivity contribution in [3.63, 3.8) is 0 Å². The molecule has 0 saturated carbocycles. The average Bonchev–Trinajstić information content (AvgIpc) is 2.09. The molecular formula is C9H16N2O6S. The van der Waals surface area contributed by atoms with Crippen molar-refractivity contribution < 1.29 is 27.3 Å². The van der Waals surface area contributed by atoms with Crippen molar-refractivity contribution in [3.05, 3.63) is 0 Å². The summed E-state index contributed by atoms with van der Waals surface area (Å²) < 4.78 is 35.6. The molecule has 9 heteroatoms. The van der Waals surface area contributed by atoms with Crippen LogP contribution in [-0.4, -0.2) is 47.0 Å². The van der Waals surface area contributed by atoms with Crippen LogP contribution in [0.4, 0.5) is 4.79 Å². The van der Waals surface area contributed by atoms with E-state index >= 15 is 0 Å². The fourth-order valence-corrected chi connectivity index (χ4v) is 2.42. The maximum absolute atomic E-state index is 11.4. The standard InChI is InChI=1S/C9H16N2O6S/c1-5-6(7(12)11(5)18(14,15)16)10-8(13)17-9(2,3)4/h5-6H,1-4H3,(H,10,13)(H,14,15,16)/t5-,6-/m0/s1. The first-order chi connectivity index (χ1) is 7.93. The van der Waals surface area contributed by atoms with E-state index in [0.717, 1.165) is 0 Å². The summed E-state index contributed by atoms with van der Waals surface area (Å²) in [5.74, 6) is -0.893. The Balaban J connectivity index is 2.63. The Bertz CT molecular complexity index is 466. The SMILES string of the molecule is C[C@H]1[C@H](NC(=O)OC(C)(C)C)C(=O)N1S(=O)(=O)O. The lowest BCUT2D eigenvalue weighted by Gasteiger charge is -2.42. The monoisotopic (exact) mass is 280 g/mol. The number of alkyl carbamates (subject to hydrolysis) is 1. The van der Waals surface area contributed by atoms with E-state index in [1.165, 1.54) is 6.92 Å². The van der Waals surface area contributed by atoms with Gasteiger partial charge in [0.25, 0.3) is 5.91 Å². The Morgan fingerprint density at radius 1 is 1.44 bits per heavy atom. The maximum Gasteiger partial charge on any atom is 0.408 e. The number of hydrogen-bond acceptors (Lipinski definition) is 5. The zero-order valence-electron chi connectivity index (χ0n) is 10.5. The second kappa shape index (κ2) is 4.39. The van der Waals surface area contributed by atoms with E-state index in [0.29, 0.717) is 4.31 Å². The molecule has 104 valence electrons. The van der Waals surface area contributed by atoms with Crippen molar-refractivity contribution in [1.82, 2.24) is 9.62 Å². The van der Waals surface area contributed by atoms with Crippen LogP contribution in [0.3, 0.4) is 0 Å². The Morgan fingerprint density at radius 2 is 1.94 bits per heavy atom. The van der Waals surface area contributed by atoms with Crippen LogP contribution in [0.25, 0.3) is 0 Å². The van der Waals surface area contributed by atoms with Crippen molar-refractivity contribution in [1.29, 1.82) is 0 Å². The largest absolute Gasteiger partial charge is 0.444 e. The molecule has 2 N–H and O–H groups in total. The highest BCUT2D eigenvalue weighted by Crippen LogP contribution is 2.23. The number of nitrogens with zero attached hydrogens (tertiary/aromatic N) is 1. The first-order valence-electron chi connectivity index (χ1n) is 5.23. The number of nitrogens with one attached hydrogen (secondary N) is 1. The van der Waals surface area contributed by atoms with Gasteiger partial charge in [-0.25, -0.2) is 9.10 Å². The first kappa shape index (κ1) is 14.7. The molecule has 1 fully saturated rings. The Hall–Kier alpha value is -1.35. The highest BCUT2D eigenvalue weighted by atomic mass is 32.2. The molecule has 1 aliphatic heterocycles. The summed E-state index contributed by atoms with van der Waals surface area (Å²) in [5, 5.41) is 2.25. The first-order valence-corrected chi connectivity index (χ1v) is 6.63. The number of carbonyl (C=O) groups is 2. The summed E-state index contributed by atoms with van der Waals surface area (Å²) in [4.78, 5) is 22.8. The van der Waals surface area contributed by atoms with Crippen LogP contribution in [0, 0.1) is 0 Å². The van der Waals surface area contributed by atoms with E-state index in [1.807, 2.05) is 0 Å². The molecule has 0 bridgehead atoms. The van der Waals surface area contributed by atoms with Gasteiger partial charge in [-0.2, -0.15) is 8.42 Å². The molecule has 1 heterocycles.